The van der Waals surface area contributed by atoms with Crippen LogP contribution < -0.4 is 27.4 Å². The smallest absolute Gasteiger partial charge is 0.322 e. The second-order valence-electron chi connectivity index (χ2n) is 5.36. The van der Waals surface area contributed by atoms with Crippen LogP contribution in [-0.2, 0) is 24.0 Å². The van der Waals surface area contributed by atoms with E-state index in [0.29, 0.717) is 0 Å². The molecule has 12 nitrogen and oxygen atoms in total. The molecule has 0 spiro atoms. The standard InChI is InChI=1S/C13H23N5O7S/c1-5(19)10(13(25)16-3-9(21)22)18-12(24)7(4-26)17-11(23)6(14)2-8(15)20/h5-7,10,19,26H,2-4,14H2,1H3,(H2,15,20)(H,16,25)(H,17,23)(H,18,24)(H,21,22). The van der Waals surface area contributed by atoms with Gasteiger partial charge in [-0.1, -0.05) is 0 Å². The highest BCUT2D eigenvalue weighted by molar-refractivity contribution is 7.80. The molecule has 148 valence electrons. The Hall–Kier alpha value is -2.38. The summed E-state index contributed by atoms with van der Waals surface area (Å²) in [7, 11) is 0. The minimum atomic E-state index is -1.46. The Balaban J connectivity index is 4.92. The van der Waals surface area contributed by atoms with Crippen LogP contribution in [0.25, 0.3) is 0 Å². The molecule has 0 bridgehead atoms. The highest BCUT2D eigenvalue weighted by Gasteiger charge is 2.30. The van der Waals surface area contributed by atoms with Crippen LogP contribution in [0.5, 0.6) is 0 Å². The number of aliphatic carboxylic acids is 1. The average molecular weight is 393 g/mol. The first-order valence-electron chi connectivity index (χ1n) is 7.42. The third kappa shape index (κ3) is 8.64. The SMILES string of the molecule is CC(O)C(NC(=O)C(CS)NC(=O)C(N)CC(N)=O)C(=O)NCC(=O)O. The minimum absolute atomic E-state index is 0.176. The Kier molecular flexibility index (Phi) is 10.2. The maximum Gasteiger partial charge on any atom is 0.322 e. The van der Waals surface area contributed by atoms with Crippen LogP contribution >= 0.6 is 12.6 Å². The van der Waals surface area contributed by atoms with Crippen molar-refractivity contribution in [2.45, 2.75) is 37.6 Å². The van der Waals surface area contributed by atoms with E-state index in [4.69, 9.17) is 16.6 Å². The van der Waals surface area contributed by atoms with Gasteiger partial charge in [0.2, 0.25) is 23.6 Å². The number of amides is 4. The van der Waals surface area contributed by atoms with Gasteiger partial charge in [-0.2, -0.15) is 12.6 Å². The van der Waals surface area contributed by atoms with E-state index in [1.165, 1.54) is 6.92 Å². The maximum atomic E-state index is 12.2. The van der Waals surface area contributed by atoms with Gasteiger partial charge in [-0.25, -0.2) is 0 Å². The van der Waals surface area contributed by atoms with Crippen molar-refractivity contribution in [3.05, 3.63) is 0 Å². The maximum absolute atomic E-state index is 12.2. The molecule has 0 aliphatic carbocycles. The fourth-order valence-electron chi connectivity index (χ4n) is 1.71. The molecule has 0 saturated carbocycles. The Labute approximate surface area is 154 Å². The third-order valence-electron chi connectivity index (χ3n) is 3.05. The number of rotatable bonds is 11. The lowest BCUT2D eigenvalue weighted by atomic mass is 10.1. The predicted octanol–water partition coefficient (Wildman–Crippen LogP) is -4.33. The van der Waals surface area contributed by atoms with Crippen LogP contribution in [-0.4, -0.2) is 76.3 Å². The predicted molar refractivity (Wildman–Crippen MR) is 91.8 cm³/mol. The molecule has 0 aromatic rings. The lowest BCUT2D eigenvalue weighted by molar-refractivity contribution is -0.139. The Morgan fingerprint density at radius 2 is 1.65 bits per heavy atom. The van der Waals surface area contributed by atoms with Crippen LogP contribution in [0.1, 0.15) is 13.3 Å². The number of hydrogen-bond donors (Lipinski definition) is 8. The molecular weight excluding hydrogens is 370 g/mol. The fourth-order valence-corrected chi connectivity index (χ4v) is 1.97. The zero-order valence-electron chi connectivity index (χ0n) is 14.0. The van der Waals surface area contributed by atoms with Crippen LogP contribution in [0.3, 0.4) is 0 Å². The van der Waals surface area contributed by atoms with Crippen LogP contribution in [0.2, 0.25) is 0 Å². The number of primary amides is 1. The summed E-state index contributed by atoms with van der Waals surface area (Å²) in [5.74, 6) is -4.91. The number of nitrogens with one attached hydrogen (secondary N) is 3. The number of hydrogen-bond acceptors (Lipinski definition) is 8. The van der Waals surface area contributed by atoms with E-state index < -0.39 is 66.8 Å². The van der Waals surface area contributed by atoms with Crippen molar-refractivity contribution in [1.29, 1.82) is 0 Å². The van der Waals surface area contributed by atoms with E-state index in [1.54, 1.807) is 0 Å². The van der Waals surface area contributed by atoms with Gasteiger partial charge in [-0.15, -0.1) is 0 Å². The van der Waals surface area contributed by atoms with Crippen LogP contribution in [0.4, 0.5) is 0 Å². The molecule has 0 aliphatic heterocycles. The van der Waals surface area contributed by atoms with Gasteiger partial charge in [-0.05, 0) is 6.92 Å². The van der Waals surface area contributed by atoms with Crippen molar-refractivity contribution >= 4 is 42.2 Å². The Bertz CT molecular complexity index is 557. The van der Waals surface area contributed by atoms with Crippen LogP contribution in [0.15, 0.2) is 0 Å². The number of carbonyl (C=O) groups excluding carboxylic acids is 4. The Morgan fingerprint density at radius 1 is 1.08 bits per heavy atom. The highest BCUT2D eigenvalue weighted by Crippen LogP contribution is 1.98. The summed E-state index contributed by atoms with van der Waals surface area (Å²) in [6.45, 7) is 0.509. The minimum Gasteiger partial charge on any atom is -0.480 e. The fraction of sp³-hybridized carbons (Fsp3) is 0.615. The molecule has 26 heavy (non-hydrogen) atoms. The van der Waals surface area contributed by atoms with Crippen molar-refractivity contribution in [1.82, 2.24) is 16.0 Å². The number of carboxylic acid groups (broad SMARTS) is 1. The molecule has 0 fully saturated rings. The highest BCUT2D eigenvalue weighted by atomic mass is 32.1. The number of carbonyl (C=O) groups is 5. The molecule has 9 N–H and O–H groups in total. The molecule has 4 atom stereocenters. The van der Waals surface area contributed by atoms with Gasteiger partial charge in [0.15, 0.2) is 0 Å². The number of aliphatic hydroxyl groups is 1. The summed E-state index contributed by atoms with van der Waals surface area (Å²) in [5, 5.41) is 24.6. The van der Waals surface area contributed by atoms with Gasteiger partial charge in [-0.3, -0.25) is 24.0 Å². The molecule has 0 radical (unpaired) electrons. The molecular formula is C13H23N5O7S. The van der Waals surface area contributed by atoms with Gasteiger partial charge in [0, 0.05) is 5.75 Å². The van der Waals surface area contributed by atoms with Crippen molar-refractivity contribution in [3.63, 3.8) is 0 Å². The lowest BCUT2D eigenvalue weighted by Gasteiger charge is -2.24. The van der Waals surface area contributed by atoms with E-state index in [-0.39, 0.29) is 5.75 Å². The monoisotopic (exact) mass is 393 g/mol. The van der Waals surface area contributed by atoms with Gasteiger partial charge >= 0.3 is 5.97 Å². The first-order chi connectivity index (χ1) is 12.0. The van der Waals surface area contributed by atoms with Crippen molar-refractivity contribution in [3.8, 4) is 0 Å². The second-order valence-corrected chi connectivity index (χ2v) is 5.72. The molecule has 13 heteroatoms. The van der Waals surface area contributed by atoms with Gasteiger partial charge < -0.3 is 37.6 Å². The molecule has 0 aromatic heterocycles. The van der Waals surface area contributed by atoms with Crippen molar-refractivity contribution in [2.24, 2.45) is 11.5 Å². The number of aliphatic hydroxyl groups excluding tert-OH is 1. The zero-order valence-corrected chi connectivity index (χ0v) is 14.9. The summed E-state index contributed by atoms with van der Waals surface area (Å²) in [5.41, 5.74) is 10.4. The molecule has 0 aromatic carbocycles. The first-order valence-corrected chi connectivity index (χ1v) is 8.05. The van der Waals surface area contributed by atoms with Gasteiger partial charge in [0.1, 0.15) is 18.6 Å². The number of thiol groups is 1. The molecule has 4 amide bonds. The van der Waals surface area contributed by atoms with Crippen molar-refractivity contribution < 1.29 is 34.2 Å². The summed E-state index contributed by atoms with van der Waals surface area (Å²) < 4.78 is 0. The summed E-state index contributed by atoms with van der Waals surface area (Å²) >= 11 is 3.91. The van der Waals surface area contributed by atoms with E-state index in [0.717, 1.165) is 0 Å². The quantitative estimate of drug-likeness (QED) is 0.160. The van der Waals surface area contributed by atoms with E-state index in [1.807, 2.05) is 5.32 Å². The molecule has 0 heterocycles. The summed E-state index contributed by atoms with van der Waals surface area (Å²) in [6, 6.07) is -3.95. The van der Waals surface area contributed by atoms with Gasteiger partial charge in [0.05, 0.1) is 18.6 Å². The molecule has 0 saturated heterocycles. The molecule has 0 rings (SSSR count). The summed E-state index contributed by atoms with van der Waals surface area (Å²) in [4.78, 5) is 57.1. The third-order valence-corrected chi connectivity index (χ3v) is 3.42. The van der Waals surface area contributed by atoms with E-state index in [2.05, 4.69) is 23.3 Å². The lowest BCUT2D eigenvalue weighted by Crippen LogP contribution is -2.59. The van der Waals surface area contributed by atoms with Crippen molar-refractivity contribution in [2.75, 3.05) is 12.3 Å². The zero-order chi connectivity index (χ0) is 20.4. The second kappa shape index (κ2) is 11.3. The topological polar surface area (TPSA) is 214 Å². The van der Waals surface area contributed by atoms with E-state index >= 15 is 0 Å². The number of nitrogens with two attached hydrogens (primary N) is 2. The Morgan fingerprint density at radius 3 is 2.08 bits per heavy atom. The number of carboxylic acids is 1. The normalized spacial score (nSPS) is 15.1. The molecule has 4 unspecified atom stereocenters. The summed E-state index contributed by atoms with van der Waals surface area (Å²) in [6.07, 6.45) is -1.78. The van der Waals surface area contributed by atoms with Gasteiger partial charge in [0.25, 0.3) is 0 Å². The first kappa shape index (κ1) is 23.6. The largest absolute Gasteiger partial charge is 0.480 e. The van der Waals surface area contributed by atoms with Crippen LogP contribution in [0, 0.1) is 0 Å². The average Bonchev–Trinajstić information content (AvgIpc) is 2.53. The molecule has 0 aliphatic rings. The van der Waals surface area contributed by atoms with E-state index in [9.17, 15) is 29.1 Å².